The number of carbonyl (C=O) groups excluding carboxylic acids is 2. The van der Waals surface area contributed by atoms with Crippen LogP contribution in [0, 0.1) is 5.82 Å². The minimum atomic E-state index is -0.632. The van der Waals surface area contributed by atoms with Crippen LogP contribution in [-0.4, -0.2) is 27.7 Å². The van der Waals surface area contributed by atoms with Crippen molar-refractivity contribution in [3.05, 3.63) is 107 Å². The highest BCUT2D eigenvalue weighted by Crippen LogP contribution is 2.46. The van der Waals surface area contributed by atoms with E-state index in [0.717, 1.165) is 33.3 Å². The van der Waals surface area contributed by atoms with Crippen molar-refractivity contribution < 1.29 is 14.0 Å². The summed E-state index contributed by atoms with van der Waals surface area (Å²) in [6, 6.07) is 20.7. The van der Waals surface area contributed by atoms with Crippen LogP contribution >= 0.6 is 0 Å². The number of benzene rings is 3. The quantitative estimate of drug-likeness (QED) is 0.519. The molecule has 0 aliphatic carbocycles. The van der Waals surface area contributed by atoms with Gasteiger partial charge in [-0.2, -0.15) is 0 Å². The van der Waals surface area contributed by atoms with Gasteiger partial charge in [-0.1, -0.05) is 48.5 Å². The van der Waals surface area contributed by atoms with Crippen LogP contribution in [0.25, 0.3) is 10.9 Å². The summed E-state index contributed by atoms with van der Waals surface area (Å²) in [6.45, 7) is 0.274. The Morgan fingerprint density at radius 2 is 1.78 bits per heavy atom. The molecule has 0 saturated heterocycles. The van der Waals surface area contributed by atoms with Crippen molar-refractivity contribution in [2.24, 2.45) is 0 Å². The van der Waals surface area contributed by atoms with Crippen molar-refractivity contribution in [2.75, 3.05) is 0 Å². The van der Waals surface area contributed by atoms with Gasteiger partial charge in [-0.05, 0) is 41.0 Å². The molecular formula is C26H20FN3O2. The Morgan fingerprint density at radius 3 is 2.62 bits per heavy atom. The van der Waals surface area contributed by atoms with Crippen LogP contribution in [0.15, 0.2) is 72.8 Å². The van der Waals surface area contributed by atoms with Gasteiger partial charge in [0.1, 0.15) is 11.9 Å². The molecule has 2 unspecified atom stereocenters. The molecule has 0 saturated carbocycles. The molecule has 0 radical (unpaired) electrons. The Morgan fingerprint density at radius 1 is 1.03 bits per heavy atom. The number of amides is 2. The van der Waals surface area contributed by atoms with Gasteiger partial charge in [-0.15, -0.1) is 0 Å². The largest absolute Gasteiger partial charge is 0.356 e. The second-order valence-corrected chi connectivity index (χ2v) is 8.33. The van der Waals surface area contributed by atoms with Gasteiger partial charge in [-0.25, -0.2) is 4.39 Å². The monoisotopic (exact) mass is 425 g/mol. The molecule has 6 rings (SSSR count). The number of nitrogens with one attached hydrogen (secondary N) is 2. The van der Waals surface area contributed by atoms with Gasteiger partial charge in [0.2, 0.25) is 5.91 Å². The Bertz CT molecular complexity index is 1380. The van der Waals surface area contributed by atoms with E-state index in [1.54, 1.807) is 17.0 Å². The molecule has 3 heterocycles. The fourth-order valence-corrected chi connectivity index (χ4v) is 5.05. The number of hydrogen-bond acceptors (Lipinski definition) is 2. The lowest BCUT2D eigenvalue weighted by molar-refractivity contribution is -0.126. The van der Waals surface area contributed by atoms with Crippen LogP contribution in [0.5, 0.6) is 0 Å². The number of para-hydroxylation sites is 1. The summed E-state index contributed by atoms with van der Waals surface area (Å²) in [5, 5.41) is 4.03. The van der Waals surface area contributed by atoms with Gasteiger partial charge < -0.3 is 15.2 Å². The van der Waals surface area contributed by atoms with Crippen LogP contribution < -0.4 is 5.32 Å². The summed E-state index contributed by atoms with van der Waals surface area (Å²) in [7, 11) is 0. The molecule has 2 N–H and O–H groups in total. The molecule has 32 heavy (non-hydrogen) atoms. The lowest BCUT2D eigenvalue weighted by Gasteiger charge is -2.37. The minimum Gasteiger partial charge on any atom is -0.356 e. The Kier molecular flexibility index (Phi) is 4.15. The Hall–Kier alpha value is -3.93. The molecule has 3 aromatic carbocycles. The summed E-state index contributed by atoms with van der Waals surface area (Å²) in [5.41, 5.74) is 5.42. The molecule has 2 atom stereocenters. The van der Waals surface area contributed by atoms with Crippen LogP contribution in [-0.2, 0) is 17.8 Å². The molecule has 2 aliphatic rings. The van der Waals surface area contributed by atoms with E-state index in [1.807, 2.05) is 42.5 Å². The van der Waals surface area contributed by atoms with Gasteiger partial charge in [0.15, 0.2) is 0 Å². The first-order valence-corrected chi connectivity index (χ1v) is 10.6. The number of carbonyl (C=O) groups is 2. The van der Waals surface area contributed by atoms with E-state index in [2.05, 4.69) is 16.4 Å². The van der Waals surface area contributed by atoms with E-state index in [4.69, 9.17) is 0 Å². The molecule has 5 nitrogen and oxygen atoms in total. The van der Waals surface area contributed by atoms with Crippen molar-refractivity contribution in [3.63, 3.8) is 0 Å². The Labute approximate surface area is 183 Å². The van der Waals surface area contributed by atoms with E-state index in [-0.39, 0.29) is 30.2 Å². The summed E-state index contributed by atoms with van der Waals surface area (Å²) in [4.78, 5) is 32.0. The highest BCUT2D eigenvalue weighted by atomic mass is 19.1. The molecule has 0 fully saturated rings. The normalized spacial score (nSPS) is 18.9. The maximum absolute atomic E-state index is 13.4. The van der Waals surface area contributed by atoms with E-state index in [9.17, 15) is 14.0 Å². The van der Waals surface area contributed by atoms with Crippen molar-refractivity contribution in [1.82, 2.24) is 15.2 Å². The zero-order chi connectivity index (χ0) is 21.8. The third-order valence-electron chi connectivity index (χ3n) is 6.53. The molecule has 0 spiro atoms. The third-order valence-corrected chi connectivity index (χ3v) is 6.53. The molecule has 2 amide bonds. The second-order valence-electron chi connectivity index (χ2n) is 8.33. The maximum Gasteiger partial charge on any atom is 0.255 e. The predicted molar refractivity (Wildman–Crippen MR) is 118 cm³/mol. The summed E-state index contributed by atoms with van der Waals surface area (Å²) >= 11 is 0. The van der Waals surface area contributed by atoms with E-state index in [0.29, 0.717) is 12.0 Å². The number of fused-ring (bicyclic) bond motifs is 7. The first kappa shape index (κ1) is 18.8. The van der Waals surface area contributed by atoms with Crippen LogP contribution in [0.3, 0.4) is 0 Å². The Balaban J connectivity index is 1.41. The molecule has 0 bridgehead atoms. The highest BCUT2D eigenvalue weighted by molar-refractivity contribution is 6.03. The maximum atomic E-state index is 13.4. The summed E-state index contributed by atoms with van der Waals surface area (Å²) in [5.74, 6) is -0.657. The number of aromatic nitrogens is 1. The van der Waals surface area contributed by atoms with Crippen molar-refractivity contribution >= 4 is 22.7 Å². The lowest BCUT2D eigenvalue weighted by atomic mass is 9.90. The van der Waals surface area contributed by atoms with Crippen LogP contribution in [0.4, 0.5) is 4.39 Å². The second kappa shape index (κ2) is 7.05. The van der Waals surface area contributed by atoms with Crippen molar-refractivity contribution in [2.45, 2.75) is 25.0 Å². The van der Waals surface area contributed by atoms with Gasteiger partial charge in [0.05, 0.1) is 6.04 Å². The molecule has 2 aliphatic heterocycles. The molecule has 4 aromatic rings. The number of aromatic amines is 1. The minimum absolute atomic E-state index is 0.128. The predicted octanol–water partition coefficient (Wildman–Crippen LogP) is 4.09. The van der Waals surface area contributed by atoms with Gasteiger partial charge >= 0.3 is 0 Å². The van der Waals surface area contributed by atoms with Crippen molar-refractivity contribution in [3.8, 4) is 0 Å². The fraction of sp³-hybridized carbons (Fsp3) is 0.154. The number of rotatable bonds is 3. The van der Waals surface area contributed by atoms with Gasteiger partial charge in [0, 0.05) is 35.1 Å². The fourth-order valence-electron chi connectivity index (χ4n) is 5.05. The van der Waals surface area contributed by atoms with E-state index in [1.165, 1.54) is 12.1 Å². The smallest absolute Gasteiger partial charge is 0.255 e. The SMILES string of the molecule is O=C(NCc1ccc(F)cc1)C1Cc2c([nH]c3ccccc23)C2c3ccccc3C(=O)N12. The van der Waals surface area contributed by atoms with Crippen molar-refractivity contribution in [1.29, 1.82) is 0 Å². The number of nitrogens with zero attached hydrogens (tertiary/aromatic N) is 1. The molecule has 1 aromatic heterocycles. The summed E-state index contributed by atoms with van der Waals surface area (Å²) in [6.07, 6.45) is 0.435. The number of hydrogen-bond donors (Lipinski definition) is 2. The van der Waals surface area contributed by atoms with E-state index < -0.39 is 6.04 Å². The van der Waals surface area contributed by atoms with Crippen LogP contribution in [0.1, 0.15) is 38.8 Å². The highest BCUT2D eigenvalue weighted by Gasteiger charge is 2.48. The van der Waals surface area contributed by atoms with Crippen LogP contribution in [0.2, 0.25) is 0 Å². The topological polar surface area (TPSA) is 65.2 Å². The average molecular weight is 425 g/mol. The average Bonchev–Trinajstić information content (AvgIpc) is 3.34. The van der Waals surface area contributed by atoms with Gasteiger partial charge in [-0.3, -0.25) is 9.59 Å². The molecular weight excluding hydrogens is 405 g/mol. The molecule has 158 valence electrons. The number of halogens is 1. The first-order chi connectivity index (χ1) is 15.6. The summed E-state index contributed by atoms with van der Waals surface area (Å²) < 4.78 is 13.2. The zero-order valence-electron chi connectivity index (χ0n) is 17.1. The van der Waals surface area contributed by atoms with E-state index >= 15 is 0 Å². The number of H-pyrrole nitrogens is 1. The standard InChI is InChI=1S/C26H20FN3O2/c27-16-11-9-15(10-12-16)14-28-25(31)22-13-20-17-5-3-4-8-21(17)29-23(20)24-18-6-1-2-7-19(18)26(32)30(22)24/h1-12,22,24,29H,13-14H2,(H,28,31). The third kappa shape index (κ3) is 2.76. The zero-order valence-corrected chi connectivity index (χ0v) is 17.1. The van der Waals surface area contributed by atoms with Gasteiger partial charge in [0.25, 0.3) is 5.91 Å². The molecule has 6 heteroatoms. The lowest BCUT2D eigenvalue weighted by Crippen LogP contribution is -2.52. The first-order valence-electron chi connectivity index (χ1n) is 10.6.